The average molecular weight is 1100 g/mol. The van der Waals surface area contributed by atoms with Crippen molar-refractivity contribution in [2.45, 2.75) is 406 Å². The number of hydrogen-bond acceptors (Lipinski definition) is 6. The van der Waals surface area contributed by atoms with Gasteiger partial charge in [-0.25, -0.2) is 0 Å². The first-order chi connectivity index (χ1) is 38.5. The van der Waals surface area contributed by atoms with E-state index in [0.29, 0.717) is 19.3 Å². The maximum atomic E-state index is 12.9. The van der Waals surface area contributed by atoms with Gasteiger partial charge in [-0.3, -0.25) is 14.4 Å². The Morgan fingerprint density at radius 1 is 0.256 bits per heavy atom. The van der Waals surface area contributed by atoms with E-state index in [9.17, 15) is 14.4 Å². The second kappa shape index (κ2) is 67.4. The Bertz CT molecular complexity index is 1260. The van der Waals surface area contributed by atoms with Gasteiger partial charge in [0.2, 0.25) is 0 Å². The van der Waals surface area contributed by atoms with Crippen molar-refractivity contribution in [1.29, 1.82) is 0 Å². The Morgan fingerprint density at radius 3 is 0.718 bits per heavy atom. The van der Waals surface area contributed by atoms with Crippen LogP contribution in [0.5, 0.6) is 0 Å². The van der Waals surface area contributed by atoms with Crippen LogP contribution < -0.4 is 0 Å². The molecule has 0 saturated carbocycles. The number of carbonyl (C=O) groups excluding carboxylic acids is 3. The van der Waals surface area contributed by atoms with Crippen LogP contribution in [0.15, 0.2) is 24.3 Å². The molecule has 0 saturated heterocycles. The Morgan fingerprint density at radius 2 is 0.462 bits per heavy atom. The number of ether oxygens (including phenoxy) is 3. The van der Waals surface area contributed by atoms with Crippen LogP contribution in [0.4, 0.5) is 0 Å². The molecular formula is C72H136O6. The molecule has 0 N–H and O–H groups in total. The fourth-order valence-corrected chi connectivity index (χ4v) is 10.9. The van der Waals surface area contributed by atoms with E-state index < -0.39 is 6.10 Å². The Labute approximate surface area is 487 Å². The lowest BCUT2D eigenvalue weighted by Gasteiger charge is -2.18. The average Bonchev–Trinajstić information content (AvgIpc) is 3.44. The third kappa shape index (κ3) is 64.7. The summed E-state index contributed by atoms with van der Waals surface area (Å²) in [6.45, 7) is 6.71. The lowest BCUT2D eigenvalue weighted by atomic mass is 10.0. The zero-order valence-electron chi connectivity index (χ0n) is 53.0. The number of allylic oxidation sites excluding steroid dienone is 4. The van der Waals surface area contributed by atoms with E-state index in [1.807, 2.05) is 0 Å². The Kier molecular flexibility index (Phi) is 65.6. The van der Waals surface area contributed by atoms with Crippen molar-refractivity contribution in [2.24, 2.45) is 0 Å². The molecule has 0 fully saturated rings. The molecule has 0 rings (SSSR count). The monoisotopic (exact) mass is 1100 g/mol. The highest BCUT2D eigenvalue weighted by molar-refractivity contribution is 5.71. The molecule has 0 amide bonds. The maximum Gasteiger partial charge on any atom is 0.306 e. The van der Waals surface area contributed by atoms with Crippen LogP contribution in [0.25, 0.3) is 0 Å². The molecule has 0 radical (unpaired) electrons. The predicted octanol–water partition coefficient (Wildman–Crippen LogP) is 24.2. The van der Waals surface area contributed by atoms with Gasteiger partial charge in [0.1, 0.15) is 13.2 Å². The number of rotatable bonds is 66. The lowest BCUT2D eigenvalue weighted by Crippen LogP contribution is -2.30. The molecule has 1 atom stereocenters. The van der Waals surface area contributed by atoms with Crippen molar-refractivity contribution in [3.05, 3.63) is 24.3 Å². The van der Waals surface area contributed by atoms with Crippen LogP contribution in [0, 0.1) is 0 Å². The molecule has 1 unspecified atom stereocenters. The zero-order chi connectivity index (χ0) is 56.4. The van der Waals surface area contributed by atoms with Crippen molar-refractivity contribution in [3.63, 3.8) is 0 Å². The fourth-order valence-electron chi connectivity index (χ4n) is 10.9. The highest BCUT2D eigenvalue weighted by Gasteiger charge is 2.19. The minimum atomic E-state index is -0.773. The van der Waals surface area contributed by atoms with Gasteiger partial charge in [0.25, 0.3) is 0 Å². The van der Waals surface area contributed by atoms with E-state index in [1.165, 1.54) is 289 Å². The van der Waals surface area contributed by atoms with Gasteiger partial charge in [-0.05, 0) is 51.4 Å². The van der Waals surface area contributed by atoms with Gasteiger partial charge >= 0.3 is 17.9 Å². The van der Waals surface area contributed by atoms with Crippen molar-refractivity contribution in [1.82, 2.24) is 0 Å². The van der Waals surface area contributed by atoms with Crippen LogP contribution in [0.1, 0.15) is 400 Å². The molecule has 0 heterocycles. The first-order valence-electron chi connectivity index (χ1n) is 35.3. The summed E-state index contributed by atoms with van der Waals surface area (Å²) in [6.07, 6.45) is 82.0. The van der Waals surface area contributed by atoms with Gasteiger partial charge in [-0.2, -0.15) is 0 Å². The summed E-state index contributed by atoms with van der Waals surface area (Å²) in [4.78, 5) is 38.4. The first-order valence-corrected chi connectivity index (χ1v) is 35.3. The molecule has 78 heavy (non-hydrogen) atoms. The summed E-state index contributed by atoms with van der Waals surface area (Å²) in [6, 6.07) is 0. The molecule has 0 aliphatic rings. The van der Waals surface area contributed by atoms with Crippen LogP contribution in [0.3, 0.4) is 0 Å². The van der Waals surface area contributed by atoms with Gasteiger partial charge in [0, 0.05) is 19.3 Å². The summed E-state index contributed by atoms with van der Waals surface area (Å²) in [5.74, 6) is -0.842. The van der Waals surface area contributed by atoms with Crippen molar-refractivity contribution in [3.8, 4) is 0 Å². The molecule has 0 aliphatic carbocycles. The van der Waals surface area contributed by atoms with E-state index in [-0.39, 0.29) is 31.1 Å². The van der Waals surface area contributed by atoms with Gasteiger partial charge in [0.05, 0.1) is 0 Å². The van der Waals surface area contributed by atoms with Crippen LogP contribution in [0.2, 0.25) is 0 Å². The van der Waals surface area contributed by atoms with E-state index >= 15 is 0 Å². The fraction of sp³-hybridized carbons (Fsp3) is 0.903. The molecule has 460 valence electrons. The summed E-state index contributed by atoms with van der Waals surface area (Å²) in [5, 5.41) is 0. The molecule has 0 aromatic heterocycles. The number of unbranched alkanes of at least 4 members (excludes halogenated alkanes) is 51. The summed E-state index contributed by atoms with van der Waals surface area (Å²) in [5.41, 5.74) is 0. The number of hydrogen-bond donors (Lipinski definition) is 0. The predicted molar refractivity (Wildman–Crippen MR) is 340 cm³/mol. The third-order valence-corrected chi connectivity index (χ3v) is 16.2. The molecule has 6 nitrogen and oxygen atoms in total. The van der Waals surface area contributed by atoms with Crippen molar-refractivity contribution >= 4 is 17.9 Å². The Balaban J connectivity index is 4.26. The van der Waals surface area contributed by atoms with E-state index in [2.05, 4.69) is 45.1 Å². The van der Waals surface area contributed by atoms with Gasteiger partial charge in [0.15, 0.2) is 6.10 Å². The number of esters is 3. The molecular weight excluding hydrogens is 961 g/mol. The maximum absolute atomic E-state index is 12.9. The zero-order valence-corrected chi connectivity index (χ0v) is 53.0. The second-order valence-electron chi connectivity index (χ2n) is 24.2. The summed E-state index contributed by atoms with van der Waals surface area (Å²) in [7, 11) is 0. The van der Waals surface area contributed by atoms with E-state index in [4.69, 9.17) is 14.2 Å². The molecule has 0 aliphatic heterocycles. The molecule has 0 bridgehead atoms. The smallest absolute Gasteiger partial charge is 0.306 e. The highest BCUT2D eigenvalue weighted by atomic mass is 16.6. The van der Waals surface area contributed by atoms with Crippen molar-refractivity contribution in [2.75, 3.05) is 13.2 Å². The topological polar surface area (TPSA) is 78.9 Å². The standard InChI is InChI=1S/C72H136O6/c1-4-7-10-13-16-19-22-25-28-31-33-34-35-36-37-38-39-42-44-47-50-53-56-59-62-65-71(74)77-68-69(67-76-70(73)64-61-58-55-52-49-46-43-40-30-27-24-21-18-15-12-9-6-3)78-72(75)66-63-60-57-54-51-48-45-41-32-29-26-23-20-17-14-11-8-5-2/h20,23,29,32,69H,4-19,21-22,24-28,30-31,33-68H2,1-3H3/b23-20-,32-29-. The largest absolute Gasteiger partial charge is 0.462 e. The summed E-state index contributed by atoms with van der Waals surface area (Å²) >= 11 is 0. The van der Waals surface area contributed by atoms with Crippen LogP contribution in [-0.2, 0) is 28.6 Å². The highest BCUT2D eigenvalue weighted by Crippen LogP contribution is 2.19. The second-order valence-corrected chi connectivity index (χ2v) is 24.2. The third-order valence-electron chi connectivity index (χ3n) is 16.2. The van der Waals surface area contributed by atoms with E-state index in [0.717, 1.165) is 70.6 Å². The van der Waals surface area contributed by atoms with Crippen molar-refractivity contribution < 1.29 is 28.6 Å². The minimum Gasteiger partial charge on any atom is -0.462 e. The lowest BCUT2D eigenvalue weighted by molar-refractivity contribution is -0.167. The molecule has 0 aromatic carbocycles. The number of carbonyl (C=O) groups is 3. The molecule has 6 heteroatoms. The van der Waals surface area contributed by atoms with Crippen LogP contribution >= 0.6 is 0 Å². The SMILES string of the molecule is CCCCCC/C=C\C/C=C\CCCCCCCCCC(=O)OC(COC(=O)CCCCCCCCCCCCCCCCCCC)COC(=O)CCCCCCCCCCCCCCCCCCCCCCCCCCC. The molecule has 0 aromatic rings. The Hall–Kier alpha value is -2.11. The summed E-state index contributed by atoms with van der Waals surface area (Å²) < 4.78 is 17.0. The molecule has 0 spiro atoms. The first kappa shape index (κ1) is 75.9. The van der Waals surface area contributed by atoms with E-state index in [1.54, 1.807) is 0 Å². The minimum absolute atomic E-state index is 0.0680. The van der Waals surface area contributed by atoms with Gasteiger partial charge < -0.3 is 14.2 Å². The van der Waals surface area contributed by atoms with Gasteiger partial charge in [-0.15, -0.1) is 0 Å². The van der Waals surface area contributed by atoms with Crippen LogP contribution in [-0.4, -0.2) is 37.2 Å². The normalized spacial score (nSPS) is 12.1. The van der Waals surface area contributed by atoms with Gasteiger partial charge in [-0.1, -0.05) is 353 Å². The quantitative estimate of drug-likeness (QED) is 0.0261.